The molecule has 35 heavy (non-hydrogen) atoms. The third kappa shape index (κ3) is 9.14. The Hall–Kier alpha value is -2.65. The number of benzene rings is 2. The van der Waals surface area contributed by atoms with Crippen LogP contribution in [0.3, 0.4) is 0 Å². The SMILES string of the molecule is C[C@H](C(=O)NC(C)(C)C)N(Cc1ccc(Cl)cc1)C(=O)CCCN(c1ccc(F)cc1)S(C)(=O)=O. The number of carbonyl (C=O) groups excluding carboxylic acids is 2. The first kappa shape index (κ1) is 28.6. The van der Waals surface area contributed by atoms with Gasteiger partial charge < -0.3 is 10.2 Å². The Morgan fingerprint density at radius 1 is 1.06 bits per heavy atom. The molecule has 0 aliphatic carbocycles. The minimum atomic E-state index is -3.64. The van der Waals surface area contributed by atoms with E-state index in [2.05, 4.69) is 5.32 Å². The van der Waals surface area contributed by atoms with Crippen LogP contribution in [0, 0.1) is 5.82 Å². The van der Waals surface area contributed by atoms with Gasteiger partial charge in [-0.25, -0.2) is 12.8 Å². The van der Waals surface area contributed by atoms with E-state index in [1.807, 2.05) is 20.8 Å². The van der Waals surface area contributed by atoms with Gasteiger partial charge in [0.15, 0.2) is 0 Å². The second-order valence-electron chi connectivity index (χ2n) is 9.48. The van der Waals surface area contributed by atoms with Gasteiger partial charge in [0.1, 0.15) is 11.9 Å². The molecule has 0 aliphatic rings. The van der Waals surface area contributed by atoms with Gasteiger partial charge in [-0.3, -0.25) is 13.9 Å². The molecule has 0 fully saturated rings. The fraction of sp³-hybridized carbons (Fsp3) is 0.440. The van der Waals surface area contributed by atoms with E-state index in [4.69, 9.17) is 11.6 Å². The van der Waals surface area contributed by atoms with Crippen LogP contribution in [-0.4, -0.2) is 49.5 Å². The highest BCUT2D eigenvalue weighted by Gasteiger charge is 2.28. The maximum atomic E-state index is 13.3. The van der Waals surface area contributed by atoms with Crippen LogP contribution in [0.25, 0.3) is 0 Å². The van der Waals surface area contributed by atoms with E-state index < -0.39 is 27.4 Å². The zero-order chi connectivity index (χ0) is 26.4. The van der Waals surface area contributed by atoms with Gasteiger partial charge in [0, 0.05) is 30.1 Å². The van der Waals surface area contributed by atoms with Crippen molar-refractivity contribution in [2.24, 2.45) is 0 Å². The van der Waals surface area contributed by atoms with Crippen molar-refractivity contribution in [1.82, 2.24) is 10.2 Å². The third-order valence-electron chi connectivity index (χ3n) is 5.20. The van der Waals surface area contributed by atoms with E-state index in [0.717, 1.165) is 16.1 Å². The van der Waals surface area contributed by atoms with Gasteiger partial charge in [0.2, 0.25) is 21.8 Å². The van der Waals surface area contributed by atoms with Gasteiger partial charge in [-0.1, -0.05) is 23.7 Å². The van der Waals surface area contributed by atoms with E-state index >= 15 is 0 Å². The molecule has 2 aromatic rings. The lowest BCUT2D eigenvalue weighted by atomic mass is 10.1. The van der Waals surface area contributed by atoms with Crippen molar-refractivity contribution in [3.05, 3.63) is 64.9 Å². The molecule has 0 saturated carbocycles. The van der Waals surface area contributed by atoms with Crippen LogP contribution in [-0.2, 0) is 26.2 Å². The topological polar surface area (TPSA) is 86.8 Å². The van der Waals surface area contributed by atoms with Gasteiger partial charge in [0.25, 0.3) is 0 Å². The average molecular weight is 526 g/mol. The van der Waals surface area contributed by atoms with Crippen LogP contribution < -0.4 is 9.62 Å². The molecule has 0 saturated heterocycles. The van der Waals surface area contributed by atoms with Crippen molar-refractivity contribution < 1.29 is 22.4 Å². The number of amides is 2. The van der Waals surface area contributed by atoms with E-state index in [0.29, 0.717) is 10.7 Å². The normalized spacial score (nSPS) is 12.7. The lowest BCUT2D eigenvalue weighted by Gasteiger charge is -2.32. The molecule has 0 heterocycles. The highest BCUT2D eigenvalue weighted by Crippen LogP contribution is 2.20. The Balaban J connectivity index is 2.17. The molecule has 1 atom stereocenters. The van der Waals surface area contributed by atoms with Gasteiger partial charge >= 0.3 is 0 Å². The lowest BCUT2D eigenvalue weighted by molar-refractivity contribution is -0.141. The molecule has 7 nitrogen and oxygen atoms in total. The molecule has 0 aliphatic heterocycles. The molecule has 0 radical (unpaired) electrons. The number of hydrogen-bond donors (Lipinski definition) is 1. The highest BCUT2D eigenvalue weighted by atomic mass is 35.5. The standard InChI is InChI=1S/C25H33ClFN3O4S/c1-18(24(32)28-25(2,3)4)29(17-19-8-10-20(26)11-9-19)23(31)7-6-16-30(35(5,33)34)22-14-12-21(27)13-15-22/h8-15,18H,6-7,16-17H2,1-5H3,(H,28,32)/t18-/m1/s1. The van der Waals surface area contributed by atoms with Gasteiger partial charge in [-0.05, 0) is 76.1 Å². The summed E-state index contributed by atoms with van der Waals surface area (Å²) in [4.78, 5) is 27.6. The number of anilines is 1. The zero-order valence-corrected chi connectivity index (χ0v) is 22.3. The summed E-state index contributed by atoms with van der Waals surface area (Å²) in [6, 6.07) is 11.4. The number of halogens is 2. The fourth-order valence-corrected chi connectivity index (χ4v) is 4.55. The maximum absolute atomic E-state index is 13.3. The summed E-state index contributed by atoms with van der Waals surface area (Å²) in [7, 11) is -3.64. The van der Waals surface area contributed by atoms with Crippen LogP contribution in [0.2, 0.25) is 5.02 Å². The summed E-state index contributed by atoms with van der Waals surface area (Å²) < 4.78 is 39.0. The van der Waals surface area contributed by atoms with Crippen molar-refractivity contribution in [2.45, 2.75) is 58.7 Å². The van der Waals surface area contributed by atoms with Crippen molar-refractivity contribution in [1.29, 1.82) is 0 Å². The predicted octanol–water partition coefficient (Wildman–Crippen LogP) is 4.36. The second-order valence-corrected chi connectivity index (χ2v) is 11.8. The zero-order valence-electron chi connectivity index (χ0n) is 20.7. The summed E-state index contributed by atoms with van der Waals surface area (Å²) in [5.41, 5.74) is 0.658. The van der Waals surface area contributed by atoms with E-state index in [1.165, 1.54) is 29.2 Å². The summed E-state index contributed by atoms with van der Waals surface area (Å²) >= 11 is 5.97. The summed E-state index contributed by atoms with van der Waals surface area (Å²) in [6.45, 7) is 7.47. The quantitative estimate of drug-likeness (QED) is 0.499. The number of rotatable bonds is 10. The lowest BCUT2D eigenvalue weighted by Crippen LogP contribution is -2.52. The Morgan fingerprint density at radius 3 is 2.14 bits per heavy atom. The molecule has 192 valence electrons. The number of sulfonamides is 1. The van der Waals surface area contributed by atoms with Crippen LogP contribution in [0.15, 0.2) is 48.5 Å². The van der Waals surface area contributed by atoms with Gasteiger partial charge in [-0.2, -0.15) is 0 Å². The van der Waals surface area contributed by atoms with Crippen LogP contribution >= 0.6 is 11.6 Å². The first-order valence-corrected chi connectivity index (χ1v) is 13.5. The van der Waals surface area contributed by atoms with Crippen molar-refractivity contribution >= 4 is 39.1 Å². The maximum Gasteiger partial charge on any atom is 0.242 e. The van der Waals surface area contributed by atoms with Crippen LogP contribution in [0.4, 0.5) is 10.1 Å². The minimum absolute atomic E-state index is 0.0218. The summed E-state index contributed by atoms with van der Waals surface area (Å²) in [5.74, 6) is -1.05. The van der Waals surface area contributed by atoms with E-state index in [9.17, 15) is 22.4 Å². The molecule has 1 N–H and O–H groups in total. The molecular weight excluding hydrogens is 493 g/mol. The molecule has 10 heteroatoms. The number of hydrogen-bond acceptors (Lipinski definition) is 4. The predicted molar refractivity (Wildman–Crippen MR) is 137 cm³/mol. The number of carbonyl (C=O) groups is 2. The van der Waals surface area contributed by atoms with Crippen molar-refractivity contribution in [2.75, 3.05) is 17.1 Å². The number of nitrogens with zero attached hydrogens (tertiary/aromatic N) is 2. The van der Waals surface area contributed by atoms with Gasteiger partial charge in [0.05, 0.1) is 11.9 Å². The summed E-state index contributed by atoms with van der Waals surface area (Å²) in [6.07, 6.45) is 1.30. The highest BCUT2D eigenvalue weighted by molar-refractivity contribution is 7.92. The Labute approximate surface area is 212 Å². The van der Waals surface area contributed by atoms with E-state index in [1.54, 1.807) is 31.2 Å². The molecule has 0 aromatic heterocycles. The molecule has 0 bridgehead atoms. The molecule has 2 rings (SSSR count). The number of nitrogens with one attached hydrogen (secondary N) is 1. The smallest absolute Gasteiger partial charge is 0.242 e. The van der Waals surface area contributed by atoms with Crippen molar-refractivity contribution in [3.63, 3.8) is 0 Å². The van der Waals surface area contributed by atoms with Gasteiger partial charge in [-0.15, -0.1) is 0 Å². The van der Waals surface area contributed by atoms with Crippen LogP contribution in [0.1, 0.15) is 46.1 Å². The largest absolute Gasteiger partial charge is 0.350 e. The van der Waals surface area contributed by atoms with Crippen molar-refractivity contribution in [3.8, 4) is 0 Å². The molecular formula is C25H33ClFN3O4S. The second kappa shape index (κ2) is 11.9. The summed E-state index contributed by atoms with van der Waals surface area (Å²) in [5, 5.41) is 3.46. The first-order valence-electron chi connectivity index (χ1n) is 11.3. The average Bonchev–Trinajstić information content (AvgIpc) is 2.74. The third-order valence-corrected chi connectivity index (χ3v) is 6.64. The molecule has 0 unspecified atom stereocenters. The monoisotopic (exact) mass is 525 g/mol. The Bertz CT molecular complexity index is 1120. The molecule has 0 spiro atoms. The minimum Gasteiger partial charge on any atom is -0.350 e. The fourth-order valence-electron chi connectivity index (χ4n) is 3.45. The van der Waals surface area contributed by atoms with E-state index in [-0.39, 0.29) is 37.7 Å². The molecule has 2 aromatic carbocycles. The Kier molecular flexibility index (Phi) is 9.68. The van der Waals surface area contributed by atoms with Crippen LogP contribution in [0.5, 0.6) is 0 Å². The first-order chi connectivity index (χ1) is 16.2. The molecule has 2 amide bonds. The Morgan fingerprint density at radius 2 is 1.63 bits per heavy atom.